The van der Waals surface area contributed by atoms with Crippen LogP contribution in [0.2, 0.25) is 6.04 Å². The van der Waals surface area contributed by atoms with Gasteiger partial charge in [0, 0.05) is 37.8 Å². The number of nitrogens with zero attached hydrogens (tertiary/aromatic N) is 2. The average molecular weight is 349 g/mol. The van der Waals surface area contributed by atoms with E-state index in [1.54, 1.807) is 7.11 Å². The molecule has 2 aromatic heterocycles. The van der Waals surface area contributed by atoms with Crippen molar-refractivity contribution in [2.75, 3.05) is 19.6 Å². The molecule has 0 aliphatic heterocycles. The fourth-order valence-corrected chi connectivity index (χ4v) is 4.36. The molecule has 0 fully saturated rings. The normalized spacial score (nSPS) is 11.7. The smallest absolute Gasteiger partial charge is 0.242 e. The third kappa shape index (κ3) is 4.70. The van der Waals surface area contributed by atoms with Crippen LogP contribution in [0.5, 0.6) is 0 Å². The highest BCUT2D eigenvalue weighted by atomic mass is 28.4. The summed E-state index contributed by atoms with van der Waals surface area (Å²) in [6.07, 6.45) is 9.15. The summed E-state index contributed by atoms with van der Waals surface area (Å²) in [6, 6.07) is 9.24. The molecule has 130 valence electrons. The Labute approximate surface area is 144 Å². The predicted octanol–water partition coefficient (Wildman–Crippen LogP) is 0.993. The minimum absolute atomic E-state index is 0.0324. The number of hydrogen-bond acceptors (Lipinski definition) is 3. The van der Waals surface area contributed by atoms with Crippen molar-refractivity contribution >= 4 is 8.32 Å². The minimum atomic E-state index is -2.35. The van der Waals surface area contributed by atoms with Gasteiger partial charge in [0.2, 0.25) is 8.32 Å². The topological polar surface area (TPSA) is 57.5 Å². The molecule has 0 aliphatic rings. The molecule has 0 amide bonds. The van der Waals surface area contributed by atoms with Crippen LogP contribution in [0.1, 0.15) is 13.3 Å². The van der Waals surface area contributed by atoms with Crippen molar-refractivity contribution in [3.05, 3.63) is 49.1 Å². The summed E-state index contributed by atoms with van der Waals surface area (Å²) in [5.41, 5.74) is 2.40. The second-order valence-corrected chi connectivity index (χ2v) is 9.96. The van der Waals surface area contributed by atoms with Crippen LogP contribution in [0.25, 0.3) is 11.1 Å². The lowest BCUT2D eigenvalue weighted by Crippen LogP contribution is -2.47. The molecule has 0 bridgehead atoms. The highest BCUT2D eigenvalue weighted by Gasteiger charge is 2.32. The molecule has 24 heavy (non-hydrogen) atoms. The number of pyridine rings is 2. The van der Waals surface area contributed by atoms with Crippen molar-refractivity contribution in [1.29, 1.82) is 0 Å². The van der Waals surface area contributed by atoms with Crippen LogP contribution >= 0.6 is 0 Å². The molecule has 0 saturated heterocycles. The molecule has 2 aromatic rings. The Kier molecular flexibility index (Phi) is 7.05. The van der Waals surface area contributed by atoms with Gasteiger partial charge in [-0.1, -0.05) is 0 Å². The SMILES string of the molecule is CC[n+]1ccc(-c2cc[n+](CCC[Si](CO)(CO)OC)cc2)cc1. The Morgan fingerprint density at radius 2 is 1.42 bits per heavy atom. The van der Waals surface area contributed by atoms with Crippen LogP contribution in [-0.2, 0) is 17.5 Å². The van der Waals surface area contributed by atoms with E-state index in [-0.39, 0.29) is 12.5 Å². The van der Waals surface area contributed by atoms with E-state index >= 15 is 0 Å². The van der Waals surface area contributed by atoms with Crippen molar-refractivity contribution in [3.63, 3.8) is 0 Å². The summed E-state index contributed by atoms with van der Waals surface area (Å²) < 4.78 is 9.66. The zero-order chi connectivity index (χ0) is 17.4. The maximum Gasteiger partial charge on any atom is 0.242 e. The third-order valence-electron chi connectivity index (χ3n) is 4.54. The largest absolute Gasteiger partial charge is 0.415 e. The second kappa shape index (κ2) is 9.03. The second-order valence-electron chi connectivity index (χ2n) is 6.05. The number of hydrogen-bond donors (Lipinski definition) is 2. The van der Waals surface area contributed by atoms with E-state index in [1.807, 2.05) is 0 Å². The molecular weight excluding hydrogens is 320 g/mol. The van der Waals surface area contributed by atoms with Crippen LogP contribution < -0.4 is 9.13 Å². The Bertz CT molecular complexity index is 605. The molecule has 6 heteroatoms. The van der Waals surface area contributed by atoms with E-state index in [0.29, 0.717) is 0 Å². The summed E-state index contributed by atoms with van der Waals surface area (Å²) in [5.74, 6) is 0. The first-order valence-electron chi connectivity index (χ1n) is 8.42. The van der Waals surface area contributed by atoms with Gasteiger partial charge in [-0.2, -0.15) is 0 Å². The molecule has 2 N–H and O–H groups in total. The Hall–Kier alpha value is -1.60. The molecule has 5 nitrogen and oxygen atoms in total. The van der Waals surface area contributed by atoms with Gasteiger partial charge in [-0.05, 0) is 24.1 Å². The molecule has 2 heterocycles. The molecule has 0 radical (unpaired) electrons. The number of aromatic nitrogens is 2. The highest BCUT2D eigenvalue weighted by Crippen LogP contribution is 2.16. The van der Waals surface area contributed by atoms with E-state index in [0.717, 1.165) is 25.6 Å². The molecule has 0 atom stereocenters. The standard InChI is InChI=1S/C18H28N2O3Si/c1-3-19-10-5-17(6-11-19)18-7-12-20(13-8-18)9-4-14-24(15-21,16-22)23-2/h5-8,10-13,21-22H,3-4,9,14-16H2,1-2H3/q+2. The fraction of sp³-hybridized carbons (Fsp3) is 0.444. The summed E-state index contributed by atoms with van der Waals surface area (Å²) in [4.78, 5) is 0. The molecule has 2 rings (SSSR count). The minimum Gasteiger partial charge on any atom is -0.415 e. The van der Waals surface area contributed by atoms with Gasteiger partial charge >= 0.3 is 0 Å². The molecule has 0 aliphatic carbocycles. The Balaban J connectivity index is 1.94. The molecule has 0 spiro atoms. The van der Waals surface area contributed by atoms with Crippen molar-refractivity contribution in [1.82, 2.24) is 0 Å². The molecule has 0 saturated carbocycles. The van der Waals surface area contributed by atoms with Crippen molar-refractivity contribution in [2.24, 2.45) is 0 Å². The summed E-state index contributed by atoms with van der Waals surface area (Å²) in [7, 11) is -0.762. The van der Waals surface area contributed by atoms with Gasteiger partial charge in [-0.15, -0.1) is 0 Å². The Morgan fingerprint density at radius 3 is 1.83 bits per heavy atom. The molecule has 0 unspecified atom stereocenters. The van der Waals surface area contributed by atoms with Gasteiger partial charge in [0.15, 0.2) is 24.8 Å². The van der Waals surface area contributed by atoms with Crippen LogP contribution in [0.15, 0.2) is 49.1 Å². The van der Waals surface area contributed by atoms with Crippen LogP contribution in [0, 0.1) is 0 Å². The maximum atomic E-state index is 9.44. The summed E-state index contributed by atoms with van der Waals surface area (Å²) in [5, 5.41) is 18.9. The number of rotatable bonds is 9. The van der Waals surface area contributed by atoms with Gasteiger partial charge in [-0.3, -0.25) is 0 Å². The van der Waals surface area contributed by atoms with Crippen molar-refractivity contribution in [2.45, 2.75) is 32.5 Å². The maximum absolute atomic E-state index is 9.44. The number of aliphatic hydroxyl groups excluding tert-OH is 2. The van der Waals surface area contributed by atoms with Crippen molar-refractivity contribution in [3.8, 4) is 11.1 Å². The van der Waals surface area contributed by atoms with Gasteiger partial charge in [0.25, 0.3) is 0 Å². The van der Waals surface area contributed by atoms with Gasteiger partial charge < -0.3 is 14.6 Å². The van der Waals surface area contributed by atoms with E-state index in [4.69, 9.17) is 4.43 Å². The van der Waals surface area contributed by atoms with Gasteiger partial charge in [-0.25, -0.2) is 9.13 Å². The molecule has 0 aromatic carbocycles. The summed E-state index contributed by atoms with van der Waals surface area (Å²) in [6.45, 7) is 3.95. The highest BCUT2D eigenvalue weighted by molar-refractivity contribution is 6.73. The fourth-order valence-electron chi connectivity index (χ4n) is 2.68. The first-order chi connectivity index (χ1) is 11.7. The zero-order valence-electron chi connectivity index (χ0n) is 14.6. The lowest BCUT2D eigenvalue weighted by Gasteiger charge is -2.24. The van der Waals surface area contributed by atoms with Crippen LogP contribution in [-0.4, -0.2) is 38.1 Å². The summed E-state index contributed by atoms with van der Waals surface area (Å²) >= 11 is 0. The van der Waals surface area contributed by atoms with E-state index in [1.165, 1.54) is 11.1 Å². The average Bonchev–Trinajstić information content (AvgIpc) is 2.66. The van der Waals surface area contributed by atoms with E-state index in [9.17, 15) is 10.2 Å². The lowest BCUT2D eigenvalue weighted by molar-refractivity contribution is -0.696. The quantitative estimate of drug-likeness (QED) is 0.525. The molecular formula is C18H28N2O3Si+2. The van der Waals surface area contributed by atoms with E-state index < -0.39 is 8.32 Å². The lowest BCUT2D eigenvalue weighted by atomic mass is 10.1. The first-order valence-corrected chi connectivity index (χ1v) is 10.9. The third-order valence-corrected chi connectivity index (χ3v) is 7.82. The van der Waals surface area contributed by atoms with Gasteiger partial charge in [0.05, 0.1) is 12.5 Å². The zero-order valence-corrected chi connectivity index (χ0v) is 15.6. The first kappa shape index (κ1) is 18.7. The van der Waals surface area contributed by atoms with E-state index in [2.05, 4.69) is 65.1 Å². The van der Waals surface area contributed by atoms with Crippen LogP contribution in [0.3, 0.4) is 0 Å². The van der Waals surface area contributed by atoms with Crippen molar-refractivity contribution < 1.29 is 23.8 Å². The number of aryl methyl sites for hydroxylation is 2. The van der Waals surface area contributed by atoms with Gasteiger partial charge in [0.1, 0.15) is 13.1 Å². The number of aliphatic hydroxyl groups is 2. The monoisotopic (exact) mass is 348 g/mol. The van der Waals surface area contributed by atoms with Crippen LogP contribution in [0.4, 0.5) is 0 Å². The predicted molar refractivity (Wildman–Crippen MR) is 94.3 cm³/mol. The Morgan fingerprint density at radius 1 is 0.917 bits per heavy atom.